The summed E-state index contributed by atoms with van der Waals surface area (Å²) < 4.78 is 4.92. The van der Waals surface area contributed by atoms with Gasteiger partial charge in [-0.25, -0.2) is 9.97 Å². The third-order valence-electron chi connectivity index (χ3n) is 3.08. The Bertz CT molecular complexity index is 617. The molecule has 0 fully saturated rings. The highest BCUT2D eigenvalue weighted by molar-refractivity contribution is 6.30. The lowest BCUT2D eigenvalue weighted by molar-refractivity contribution is 0.0943. The highest BCUT2D eigenvalue weighted by atomic mass is 35.5. The summed E-state index contributed by atoms with van der Waals surface area (Å²) in [6.07, 6.45) is 3.76. The summed E-state index contributed by atoms with van der Waals surface area (Å²) in [5, 5.41) is 6.61. The molecule has 0 atom stereocenters. The van der Waals surface area contributed by atoms with Crippen LogP contribution in [0, 0.1) is 0 Å². The fraction of sp³-hybridized carbons (Fsp3) is 0.312. The number of hydrogen-bond donors (Lipinski definition) is 2. The topological polar surface area (TPSA) is 76.1 Å². The van der Waals surface area contributed by atoms with Gasteiger partial charge in [0, 0.05) is 31.8 Å². The highest BCUT2D eigenvalue weighted by Crippen LogP contribution is 2.11. The van der Waals surface area contributed by atoms with E-state index in [9.17, 15) is 4.79 Å². The fourth-order valence-electron chi connectivity index (χ4n) is 1.84. The predicted octanol–water partition coefficient (Wildman–Crippen LogP) is 2.51. The van der Waals surface area contributed by atoms with Crippen molar-refractivity contribution in [3.8, 4) is 0 Å². The number of nitrogens with zero attached hydrogens (tertiary/aromatic N) is 2. The van der Waals surface area contributed by atoms with E-state index >= 15 is 0 Å². The fourth-order valence-corrected chi connectivity index (χ4v) is 1.97. The molecule has 0 saturated carbocycles. The Morgan fingerprint density at radius 2 is 2.00 bits per heavy atom. The van der Waals surface area contributed by atoms with Crippen LogP contribution >= 0.6 is 11.6 Å². The molecule has 0 aliphatic carbocycles. The number of aromatic nitrogens is 2. The molecule has 0 saturated heterocycles. The van der Waals surface area contributed by atoms with Crippen LogP contribution in [0.15, 0.2) is 36.7 Å². The van der Waals surface area contributed by atoms with Crippen LogP contribution in [0.1, 0.15) is 22.5 Å². The third-order valence-corrected chi connectivity index (χ3v) is 3.33. The second kappa shape index (κ2) is 9.07. The maximum absolute atomic E-state index is 11.8. The Morgan fingerprint density at radius 1 is 1.22 bits per heavy atom. The summed E-state index contributed by atoms with van der Waals surface area (Å²) in [6, 6.07) is 7.54. The molecular weight excluding hydrogens is 316 g/mol. The van der Waals surface area contributed by atoms with E-state index in [0.29, 0.717) is 36.2 Å². The first-order valence-electron chi connectivity index (χ1n) is 7.26. The number of amides is 1. The SMILES string of the molecule is COCCCNC(=O)c1cnc(NCc2ccc(Cl)cc2)cn1. The molecule has 2 rings (SSSR count). The summed E-state index contributed by atoms with van der Waals surface area (Å²) >= 11 is 5.84. The number of carbonyl (C=O) groups excluding carboxylic acids is 1. The number of ether oxygens (including phenoxy) is 1. The minimum absolute atomic E-state index is 0.238. The first kappa shape index (κ1) is 17.2. The zero-order valence-electron chi connectivity index (χ0n) is 12.9. The molecule has 1 aromatic heterocycles. The molecule has 0 bridgehead atoms. The molecule has 1 aromatic carbocycles. The van der Waals surface area contributed by atoms with E-state index in [2.05, 4.69) is 20.6 Å². The van der Waals surface area contributed by atoms with Gasteiger partial charge in [0.05, 0.1) is 12.4 Å². The van der Waals surface area contributed by atoms with Crippen molar-refractivity contribution in [2.75, 3.05) is 25.6 Å². The molecule has 6 nitrogen and oxygen atoms in total. The van der Waals surface area contributed by atoms with Crippen molar-refractivity contribution in [1.29, 1.82) is 0 Å². The Kier molecular flexibility index (Phi) is 6.77. The second-order valence-electron chi connectivity index (χ2n) is 4.87. The molecule has 2 N–H and O–H groups in total. The number of carbonyl (C=O) groups is 1. The number of nitrogens with one attached hydrogen (secondary N) is 2. The molecule has 0 radical (unpaired) electrons. The number of halogens is 1. The van der Waals surface area contributed by atoms with E-state index in [1.165, 1.54) is 6.20 Å². The first-order valence-corrected chi connectivity index (χ1v) is 7.64. The molecule has 23 heavy (non-hydrogen) atoms. The van der Waals surface area contributed by atoms with Crippen molar-refractivity contribution in [2.45, 2.75) is 13.0 Å². The average molecular weight is 335 g/mol. The van der Waals surface area contributed by atoms with Crippen LogP contribution in [0.4, 0.5) is 5.82 Å². The van der Waals surface area contributed by atoms with Crippen molar-refractivity contribution in [3.05, 3.63) is 52.9 Å². The van der Waals surface area contributed by atoms with Crippen molar-refractivity contribution in [3.63, 3.8) is 0 Å². The van der Waals surface area contributed by atoms with Gasteiger partial charge in [-0.1, -0.05) is 23.7 Å². The zero-order valence-corrected chi connectivity index (χ0v) is 13.6. The monoisotopic (exact) mass is 334 g/mol. The molecule has 2 aromatic rings. The Hall–Kier alpha value is -2.18. The van der Waals surface area contributed by atoms with Gasteiger partial charge in [0.1, 0.15) is 11.5 Å². The van der Waals surface area contributed by atoms with Crippen molar-refractivity contribution >= 4 is 23.3 Å². The molecule has 0 unspecified atom stereocenters. The normalized spacial score (nSPS) is 10.3. The number of methoxy groups -OCH3 is 1. The van der Waals surface area contributed by atoms with Crippen LogP contribution in [0.3, 0.4) is 0 Å². The molecule has 1 heterocycles. The Labute approximate surface area is 140 Å². The standard InChI is InChI=1S/C16H19ClN4O2/c1-23-8-2-7-18-16(22)14-10-21-15(11-19-14)20-9-12-3-5-13(17)6-4-12/h3-6,10-11H,2,7-9H2,1H3,(H,18,22)(H,20,21). The van der Waals surface area contributed by atoms with Gasteiger partial charge in [0.25, 0.3) is 5.91 Å². The summed E-state index contributed by atoms with van der Waals surface area (Å²) in [7, 11) is 1.63. The largest absolute Gasteiger partial charge is 0.385 e. The number of anilines is 1. The lowest BCUT2D eigenvalue weighted by Crippen LogP contribution is -2.26. The van der Waals surface area contributed by atoms with E-state index in [1.54, 1.807) is 13.3 Å². The van der Waals surface area contributed by atoms with E-state index in [0.717, 1.165) is 12.0 Å². The number of rotatable bonds is 8. The second-order valence-corrected chi connectivity index (χ2v) is 5.31. The van der Waals surface area contributed by atoms with Gasteiger partial charge in [-0.2, -0.15) is 0 Å². The van der Waals surface area contributed by atoms with E-state index in [-0.39, 0.29) is 5.91 Å². The van der Waals surface area contributed by atoms with Crippen LogP contribution in [0.25, 0.3) is 0 Å². The number of benzene rings is 1. The molecule has 1 amide bonds. The lowest BCUT2D eigenvalue weighted by Gasteiger charge is -2.07. The van der Waals surface area contributed by atoms with Gasteiger partial charge in [0.15, 0.2) is 0 Å². The maximum Gasteiger partial charge on any atom is 0.271 e. The third kappa shape index (κ3) is 5.84. The van der Waals surface area contributed by atoms with Gasteiger partial charge in [-0.15, -0.1) is 0 Å². The van der Waals surface area contributed by atoms with E-state index in [4.69, 9.17) is 16.3 Å². The summed E-state index contributed by atoms with van der Waals surface area (Å²) in [5.41, 5.74) is 1.37. The summed E-state index contributed by atoms with van der Waals surface area (Å²) in [5.74, 6) is 0.369. The van der Waals surface area contributed by atoms with Crippen LogP contribution in [-0.2, 0) is 11.3 Å². The molecule has 7 heteroatoms. The Balaban J connectivity index is 1.81. The van der Waals surface area contributed by atoms with Crippen LogP contribution in [-0.4, -0.2) is 36.1 Å². The minimum atomic E-state index is -0.238. The first-order chi connectivity index (χ1) is 11.2. The van der Waals surface area contributed by atoms with Crippen LogP contribution < -0.4 is 10.6 Å². The molecule has 0 spiro atoms. The maximum atomic E-state index is 11.8. The van der Waals surface area contributed by atoms with Crippen LogP contribution in [0.5, 0.6) is 0 Å². The molecule has 122 valence electrons. The smallest absolute Gasteiger partial charge is 0.271 e. The van der Waals surface area contributed by atoms with Crippen LogP contribution in [0.2, 0.25) is 5.02 Å². The van der Waals surface area contributed by atoms with Gasteiger partial charge in [-0.3, -0.25) is 4.79 Å². The minimum Gasteiger partial charge on any atom is -0.385 e. The highest BCUT2D eigenvalue weighted by Gasteiger charge is 2.07. The van der Waals surface area contributed by atoms with Crippen molar-refractivity contribution in [1.82, 2.24) is 15.3 Å². The number of hydrogen-bond acceptors (Lipinski definition) is 5. The van der Waals surface area contributed by atoms with Crippen molar-refractivity contribution in [2.24, 2.45) is 0 Å². The van der Waals surface area contributed by atoms with Gasteiger partial charge in [0.2, 0.25) is 0 Å². The average Bonchev–Trinajstić information content (AvgIpc) is 2.58. The van der Waals surface area contributed by atoms with Crippen molar-refractivity contribution < 1.29 is 9.53 Å². The predicted molar refractivity (Wildman–Crippen MR) is 89.6 cm³/mol. The van der Waals surface area contributed by atoms with E-state index in [1.807, 2.05) is 24.3 Å². The zero-order chi connectivity index (χ0) is 16.5. The molecular formula is C16H19ClN4O2. The Morgan fingerprint density at radius 3 is 2.65 bits per heavy atom. The summed E-state index contributed by atoms with van der Waals surface area (Å²) in [4.78, 5) is 20.1. The van der Waals surface area contributed by atoms with Gasteiger partial charge < -0.3 is 15.4 Å². The molecule has 0 aliphatic heterocycles. The summed E-state index contributed by atoms with van der Waals surface area (Å²) in [6.45, 7) is 1.76. The lowest BCUT2D eigenvalue weighted by atomic mass is 10.2. The van der Waals surface area contributed by atoms with Gasteiger partial charge in [-0.05, 0) is 24.1 Å². The van der Waals surface area contributed by atoms with E-state index < -0.39 is 0 Å². The quantitative estimate of drug-likeness (QED) is 0.725. The molecule has 0 aliphatic rings. The van der Waals surface area contributed by atoms with Gasteiger partial charge >= 0.3 is 0 Å².